The van der Waals surface area contributed by atoms with Crippen LogP contribution in [-0.4, -0.2) is 6.98 Å². The molecule has 0 heterocycles. The summed E-state index contributed by atoms with van der Waals surface area (Å²) in [5.74, 6) is -10.0. The summed E-state index contributed by atoms with van der Waals surface area (Å²) in [4.78, 5) is 0.779. The number of rotatable bonds is 4. The first kappa shape index (κ1) is 30.5. The predicted molar refractivity (Wildman–Crippen MR) is 149 cm³/mol. The van der Waals surface area contributed by atoms with Crippen LogP contribution in [0.5, 0.6) is 0 Å². The maximum Gasteiger partial charge on any atom is 0.515 e. The highest BCUT2D eigenvalue weighted by atomic mass is 32.2. The molecule has 0 radical (unpaired) electrons. The van der Waals surface area contributed by atoms with E-state index in [0.29, 0.717) is 5.75 Å². The molecular weight excluding hydrogens is 583 g/mol. The fourth-order valence-electron chi connectivity index (χ4n) is 3.95. The molecule has 0 saturated heterocycles. The Kier molecular flexibility index (Phi) is 9.17. The van der Waals surface area contributed by atoms with Gasteiger partial charge in [0.25, 0.3) is 0 Å². The second kappa shape index (κ2) is 12.6. The predicted octanol–water partition coefficient (Wildman–Crippen LogP) is 8.34. The van der Waals surface area contributed by atoms with Crippen LogP contribution in [-0.2, 0) is 19.9 Å². The molecule has 0 N–H and O–H groups in total. The smallest absolute Gasteiger partial charge is 0.445 e. The Labute approximate surface area is 237 Å². The van der Waals surface area contributed by atoms with E-state index in [4.69, 9.17) is 0 Å². The number of hydrogen-bond acceptors (Lipinski definition) is 1. The van der Waals surface area contributed by atoms with Gasteiger partial charge in [0.1, 0.15) is 11.6 Å². The molecular formula is C31H19BF8OS. The summed E-state index contributed by atoms with van der Waals surface area (Å²) in [5.41, 5.74) is -0.823. The van der Waals surface area contributed by atoms with Gasteiger partial charge >= 0.3 is 6.98 Å². The summed E-state index contributed by atoms with van der Waals surface area (Å²) in [5, 5.41) is 5.44. The zero-order chi connectivity index (χ0) is 30.5. The second-order valence-corrected chi connectivity index (χ2v) is 11.3. The van der Waals surface area contributed by atoms with Crippen LogP contribution in [0, 0.1) is 40.3 Å². The summed E-state index contributed by atoms with van der Waals surface area (Å²) in [7, 11) is -2.55. The van der Waals surface area contributed by atoms with Crippen molar-refractivity contribution in [1.82, 2.24) is 0 Å². The molecule has 42 heavy (non-hydrogen) atoms. The van der Waals surface area contributed by atoms with Crippen LogP contribution < -0.4 is 5.46 Å². The van der Waals surface area contributed by atoms with Gasteiger partial charge in [-0.3, -0.25) is 0 Å². The first-order valence-corrected chi connectivity index (χ1v) is 14.0. The summed E-state index contributed by atoms with van der Waals surface area (Å²) in [6.45, 7) is -6.30. The van der Waals surface area contributed by atoms with Crippen molar-refractivity contribution in [1.29, 1.82) is 0 Å². The average molecular weight is 602 g/mol. The molecule has 0 aliphatic heterocycles. The van der Waals surface area contributed by atoms with Gasteiger partial charge < -0.3 is 12.9 Å². The molecule has 5 aromatic rings. The molecule has 0 aromatic heterocycles. The Morgan fingerprint density at radius 3 is 1.67 bits per heavy atom. The van der Waals surface area contributed by atoms with E-state index >= 15 is 0 Å². The second-order valence-electron chi connectivity index (χ2n) is 8.97. The highest BCUT2D eigenvalue weighted by Gasteiger charge is 2.38. The third kappa shape index (κ3) is 6.89. The van der Waals surface area contributed by atoms with Crippen LogP contribution in [0.1, 0.15) is 11.1 Å². The minimum Gasteiger partial charge on any atom is -0.445 e. The highest BCUT2D eigenvalue weighted by Crippen LogP contribution is 2.26. The molecule has 5 rings (SSSR count). The van der Waals surface area contributed by atoms with Crippen molar-refractivity contribution in [2.24, 2.45) is 0 Å². The minimum atomic E-state index is -6.30. The van der Waals surface area contributed by atoms with Crippen molar-refractivity contribution in [3.05, 3.63) is 143 Å². The molecule has 0 aliphatic carbocycles. The lowest BCUT2D eigenvalue weighted by molar-refractivity contribution is 0.377. The number of hydrogen-bond donors (Lipinski definition) is 0. The number of fused-ring (bicyclic) bond motifs is 1. The summed E-state index contributed by atoms with van der Waals surface area (Å²) < 4.78 is 111. The lowest BCUT2D eigenvalue weighted by atomic mass is 9.79. The van der Waals surface area contributed by atoms with E-state index in [-0.39, 0.29) is 0 Å². The van der Waals surface area contributed by atoms with Gasteiger partial charge in [0.15, 0.2) is 43.3 Å². The zero-order valence-corrected chi connectivity index (χ0v) is 22.3. The zero-order valence-electron chi connectivity index (χ0n) is 21.4. The van der Waals surface area contributed by atoms with Crippen LogP contribution in [0.4, 0.5) is 34.9 Å². The Morgan fingerprint density at radius 2 is 1.10 bits per heavy atom. The van der Waals surface area contributed by atoms with E-state index in [1.165, 1.54) is 5.39 Å². The van der Waals surface area contributed by atoms with E-state index in [1.807, 2.05) is 72.8 Å². The molecule has 1 nitrogen and oxygen atoms in total. The summed E-state index contributed by atoms with van der Waals surface area (Å²) in [6, 6.07) is 33.8. The van der Waals surface area contributed by atoms with Gasteiger partial charge in [0.05, 0.1) is 0 Å². The monoisotopic (exact) mass is 602 g/mol. The Balaban J connectivity index is 0.000000230. The highest BCUT2D eigenvalue weighted by molar-refractivity contribution is 8.06. The normalized spacial score (nSPS) is 12.5. The molecule has 0 fully saturated rings. The summed E-state index contributed by atoms with van der Waals surface area (Å²) >= 11 is 0. The standard InChI is InChI=1S/C25H19OS.C6BF8/c26-27(25-13-5-2-6-14-25,18-17-21-9-3-1-4-10-21)20-22-15-16-23-11-7-8-12-24(23)19-22;8-2-1(7(13,14)15)3(9)5(11)6(12)4(2)10/h1-16,19H,20H2;/q+1;-1. The van der Waals surface area contributed by atoms with Crippen LogP contribution in [0.15, 0.2) is 108 Å². The fourth-order valence-corrected chi connectivity index (χ4v) is 5.84. The third-order valence-electron chi connectivity index (χ3n) is 6.01. The van der Waals surface area contributed by atoms with Crippen molar-refractivity contribution in [2.45, 2.75) is 10.6 Å². The molecule has 0 aliphatic rings. The Hall–Kier alpha value is -4.43. The van der Waals surface area contributed by atoms with Gasteiger partial charge in [-0.05, 0) is 52.5 Å². The third-order valence-corrected chi connectivity index (χ3v) is 8.22. The van der Waals surface area contributed by atoms with Gasteiger partial charge in [-0.1, -0.05) is 77.0 Å². The van der Waals surface area contributed by atoms with Crippen molar-refractivity contribution in [3.63, 3.8) is 0 Å². The molecule has 0 saturated carbocycles. The SMILES string of the molecule is Fc1c(F)c(F)c([B-](F)(F)F)c(F)c1F.O=[S+](C#Cc1ccccc1)(Cc1ccc2ccccc2c1)c1ccccc1. The number of halogens is 8. The lowest BCUT2D eigenvalue weighted by Gasteiger charge is -2.17. The van der Waals surface area contributed by atoms with Gasteiger partial charge in [-0.25, -0.2) is 22.0 Å². The van der Waals surface area contributed by atoms with E-state index < -0.39 is 51.5 Å². The molecule has 11 heteroatoms. The van der Waals surface area contributed by atoms with Gasteiger partial charge in [0.2, 0.25) is 0 Å². The quantitative estimate of drug-likeness (QED) is 0.0505. The van der Waals surface area contributed by atoms with Crippen molar-refractivity contribution < 1.29 is 39.1 Å². The summed E-state index contributed by atoms with van der Waals surface area (Å²) in [6.07, 6.45) is 0. The largest absolute Gasteiger partial charge is 0.515 e. The first-order valence-electron chi connectivity index (χ1n) is 12.2. The van der Waals surface area contributed by atoms with Crippen LogP contribution in [0.25, 0.3) is 10.8 Å². The van der Waals surface area contributed by atoms with Gasteiger partial charge in [-0.2, -0.15) is 0 Å². The molecule has 0 bridgehead atoms. The van der Waals surface area contributed by atoms with Gasteiger partial charge in [-0.15, -0.1) is 0 Å². The van der Waals surface area contributed by atoms with Gasteiger partial charge in [0, 0.05) is 11.1 Å². The topological polar surface area (TPSA) is 17.1 Å². The fraction of sp³-hybridized carbons (Fsp3) is 0.0323. The molecule has 5 aromatic carbocycles. The van der Waals surface area contributed by atoms with Crippen molar-refractivity contribution >= 4 is 33.1 Å². The van der Waals surface area contributed by atoms with Crippen LogP contribution in [0.2, 0.25) is 0 Å². The van der Waals surface area contributed by atoms with E-state index in [0.717, 1.165) is 21.4 Å². The molecule has 0 spiro atoms. The number of benzene rings is 5. The average Bonchev–Trinajstić information content (AvgIpc) is 2.99. The maximum atomic E-state index is 13.9. The molecule has 0 amide bonds. The molecule has 1 atom stereocenters. The minimum absolute atomic E-state index is 0.404. The van der Waals surface area contributed by atoms with Crippen LogP contribution in [0.3, 0.4) is 0 Å². The van der Waals surface area contributed by atoms with Crippen molar-refractivity contribution in [2.75, 3.05) is 0 Å². The van der Waals surface area contributed by atoms with E-state index in [2.05, 4.69) is 41.5 Å². The molecule has 214 valence electrons. The van der Waals surface area contributed by atoms with Crippen molar-refractivity contribution in [3.8, 4) is 11.2 Å². The molecule has 1 unspecified atom stereocenters. The van der Waals surface area contributed by atoms with E-state index in [9.17, 15) is 39.1 Å². The maximum absolute atomic E-state index is 13.9. The van der Waals surface area contributed by atoms with E-state index in [1.54, 1.807) is 0 Å². The lowest BCUT2D eigenvalue weighted by Crippen LogP contribution is -2.41. The Bertz CT molecular complexity index is 1800. The van der Waals surface area contributed by atoms with Crippen LogP contribution >= 0.6 is 0 Å². The Morgan fingerprint density at radius 1 is 0.595 bits per heavy atom. The first-order chi connectivity index (χ1) is 19.9.